The van der Waals surface area contributed by atoms with E-state index in [1.54, 1.807) is 12.1 Å². The molecule has 0 atom stereocenters. The zero-order chi connectivity index (χ0) is 10.3. The molecule has 0 aliphatic heterocycles. The zero-order valence-corrected chi connectivity index (χ0v) is 9.50. The van der Waals surface area contributed by atoms with Gasteiger partial charge in [0.05, 0.1) is 9.90 Å². The van der Waals surface area contributed by atoms with Gasteiger partial charge in [-0.3, -0.25) is 4.79 Å². The van der Waals surface area contributed by atoms with Gasteiger partial charge in [0.1, 0.15) is 9.98 Å². The van der Waals surface area contributed by atoms with E-state index in [0.717, 1.165) is 10.2 Å². The summed E-state index contributed by atoms with van der Waals surface area (Å²) in [6.45, 7) is 1.46. The van der Waals surface area contributed by atoms with Gasteiger partial charge < -0.3 is 0 Å². The van der Waals surface area contributed by atoms with Gasteiger partial charge in [-0.2, -0.15) is 0 Å². The highest BCUT2D eigenvalue weighted by molar-refractivity contribution is 7.22. The van der Waals surface area contributed by atoms with Crippen molar-refractivity contribution in [3.63, 3.8) is 0 Å². The summed E-state index contributed by atoms with van der Waals surface area (Å²) >= 11 is 13.0. The molecule has 2 aromatic heterocycles. The summed E-state index contributed by atoms with van der Waals surface area (Å²) in [7, 11) is 0. The van der Waals surface area contributed by atoms with Crippen LogP contribution in [0.1, 0.15) is 17.3 Å². The predicted octanol–water partition coefficient (Wildman–Crippen LogP) is 3.81. The third-order valence-corrected chi connectivity index (χ3v) is 3.27. The van der Waals surface area contributed by atoms with Gasteiger partial charge in [-0.25, -0.2) is 4.98 Å². The standard InChI is InChI=1S/C9H5Cl2NOS/c1-4(13)6-2-5-3-7(10)14-9(5)12-8(6)11/h2-3H,1H3. The third kappa shape index (κ3) is 1.63. The van der Waals surface area contributed by atoms with E-state index in [2.05, 4.69) is 4.98 Å². The molecule has 0 spiro atoms. The number of Topliss-reactive ketones (excluding diaryl/α,β-unsaturated/α-hetero) is 1. The molecule has 14 heavy (non-hydrogen) atoms. The van der Waals surface area contributed by atoms with Crippen LogP contribution in [0.15, 0.2) is 12.1 Å². The van der Waals surface area contributed by atoms with Crippen LogP contribution in [0.2, 0.25) is 9.49 Å². The number of ketones is 1. The Bertz CT molecular complexity index is 521. The van der Waals surface area contributed by atoms with E-state index < -0.39 is 0 Å². The predicted molar refractivity (Wildman–Crippen MR) is 59.6 cm³/mol. The highest BCUT2D eigenvalue weighted by atomic mass is 35.5. The number of rotatable bonds is 1. The summed E-state index contributed by atoms with van der Waals surface area (Å²) in [5.74, 6) is -0.0910. The molecular formula is C9H5Cl2NOS. The molecule has 0 bridgehead atoms. The van der Waals surface area contributed by atoms with Crippen LogP contribution in [-0.2, 0) is 0 Å². The van der Waals surface area contributed by atoms with Crippen molar-refractivity contribution >= 4 is 50.5 Å². The topological polar surface area (TPSA) is 30.0 Å². The van der Waals surface area contributed by atoms with Crippen molar-refractivity contribution in [1.82, 2.24) is 4.98 Å². The molecule has 0 saturated heterocycles. The van der Waals surface area contributed by atoms with E-state index in [9.17, 15) is 4.79 Å². The second-order valence-electron chi connectivity index (χ2n) is 2.83. The fourth-order valence-corrected chi connectivity index (χ4v) is 2.57. The Balaban J connectivity index is 2.76. The van der Waals surface area contributed by atoms with E-state index >= 15 is 0 Å². The fraction of sp³-hybridized carbons (Fsp3) is 0.111. The van der Waals surface area contributed by atoms with E-state index in [-0.39, 0.29) is 10.9 Å². The maximum absolute atomic E-state index is 11.2. The number of hydrogen-bond donors (Lipinski definition) is 0. The summed E-state index contributed by atoms with van der Waals surface area (Å²) in [6, 6.07) is 3.49. The lowest BCUT2D eigenvalue weighted by atomic mass is 10.2. The van der Waals surface area contributed by atoms with Crippen molar-refractivity contribution in [3.8, 4) is 0 Å². The normalized spacial score (nSPS) is 10.8. The Morgan fingerprint density at radius 1 is 1.43 bits per heavy atom. The van der Waals surface area contributed by atoms with Gasteiger partial charge in [0, 0.05) is 5.39 Å². The Hall–Kier alpha value is -0.640. The van der Waals surface area contributed by atoms with Gasteiger partial charge in [0.2, 0.25) is 0 Å². The highest BCUT2D eigenvalue weighted by Crippen LogP contribution is 2.30. The summed E-state index contributed by atoms with van der Waals surface area (Å²) in [6.07, 6.45) is 0. The molecular weight excluding hydrogens is 241 g/mol. The lowest BCUT2D eigenvalue weighted by Gasteiger charge is -1.98. The van der Waals surface area contributed by atoms with Crippen LogP contribution in [-0.4, -0.2) is 10.8 Å². The summed E-state index contributed by atoms with van der Waals surface area (Å²) in [5, 5.41) is 1.10. The quantitative estimate of drug-likeness (QED) is 0.565. The lowest BCUT2D eigenvalue weighted by molar-refractivity contribution is 0.101. The minimum absolute atomic E-state index is 0.0910. The first-order valence-corrected chi connectivity index (χ1v) is 5.41. The molecule has 5 heteroatoms. The van der Waals surface area contributed by atoms with Crippen molar-refractivity contribution in [2.75, 3.05) is 0 Å². The van der Waals surface area contributed by atoms with Gasteiger partial charge in [-0.05, 0) is 19.1 Å². The number of hydrogen-bond acceptors (Lipinski definition) is 3. The minimum Gasteiger partial charge on any atom is -0.294 e. The zero-order valence-electron chi connectivity index (χ0n) is 7.17. The molecule has 2 aromatic rings. The number of carbonyl (C=O) groups is 1. The number of thiophene rings is 1. The molecule has 72 valence electrons. The molecule has 2 heterocycles. The summed E-state index contributed by atoms with van der Waals surface area (Å²) in [5.41, 5.74) is 0.439. The second kappa shape index (κ2) is 3.50. The fourth-order valence-electron chi connectivity index (χ4n) is 1.17. The SMILES string of the molecule is CC(=O)c1cc2cc(Cl)sc2nc1Cl. The average Bonchev–Trinajstić information content (AvgIpc) is 2.42. The van der Waals surface area contributed by atoms with Gasteiger partial charge >= 0.3 is 0 Å². The number of nitrogens with zero attached hydrogens (tertiary/aromatic N) is 1. The summed E-state index contributed by atoms with van der Waals surface area (Å²) in [4.78, 5) is 16.0. The Morgan fingerprint density at radius 2 is 2.14 bits per heavy atom. The van der Waals surface area contributed by atoms with Crippen molar-refractivity contribution in [3.05, 3.63) is 27.2 Å². The van der Waals surface area contributed by atoms with Crippen LogP contribution in [0.3, 0.4) is 0 Å². The van der Waals surface area contributed by atoms with Gasteiger partial charge in [0.25, 0.3) is 0 Å². The van der Waals surface area contributed by atoms with Crippen molar-refractivity contribution in [2.24, 2.45) is 0 Å². The van der Waals surface area contributed by atoms with Crippen molar-refractivity contribution < 1.29 is 4.79 Å². The van der Waals surface area contributed by atoms with Gasteiger partial charge in [0.15, 0.2) is 5.78 Å². The van der Waals surface area contributed by atoms with Gasteiger partial charge in [-0.1, -0.05) is 23.2 Å². The molecule has 0 N–H and O–H groups in total. The number of carbonyl (C=O) groups excluding carboxylic acids is 1. The number of fused-ring (bicyclic) bond motifs is 1. The number of aromatic nitrogens is 1. The van der Waals surface area contributed by atoms with E-state index in [1.807, 2.05) is 0 Å². The Morgan fingerprint density at radius 3 is 2.79 bits per heavy atom. The third-order valence-electron chi connectivity index (χ3n) is 1.81. The molecule has 2 rings (SSSR count). The Labute approximate surface area is 94.5 Å². The molecule has 0 aromatic carbocycles. The van der Waals surface area contributed by atoms with Gasteiger partial charge in [-0.15, -0.1) is 11.3 Å². The monoisotopic (exact) mass is 245 g/mol. The second-order valence-corrected chi connectivity index (χ2v) is 4.85. The maximum atomic E-state index is 11.2. The maximum Gasteiger partial charge on any atom is 0.162 e. The first-order chi connectivity index (χ1) is 6.58. The van der Waals surface area contributed by atoms with Crippen LogP contribution in [0.4, 0.5) is 0 Å². The van der Waals surface area contributed by atoms with E-state index in [1.165, 1.54) is 18.3 Å². The number of pyridine rings is 1. The molecule has 0 amide bonds. The average molecular weight is 246 g/mol. The molecule has 0 aliphatic rings. The summed E-state index contributed by atoms with van der Waals surface area (Å²) < 4.78 is 0.643. The van der Waals surface area contributed by atoms with Crippen molar-refractivity contribution in [1.29, 1.82) is 0 Å². The van der Waals surface area contributed by atoms with Crippen LogP contribution >= 0.6 is 34.5 Å². The molecule has 0 aliphatic carbocycles. The van der Waals surface area contributed by atoms with Crippen LogP contribution in [0, 0.1) is 0 Å². The Kier molecular flexibility index (Phi) is 2.47. The van der Waals surface area contributed by atoms with E-state index in [0.29, 0.717) is 9.90 Å². The van der Waals surface area contributed by atoms with Crippen molar-refractivity contribution in [2.45, 2.75) is 6.92 Å². The highest BCUT2D eigenvalue weighted by Gasteiger charge is 2.10. The first-order valence-electron chi connectivity index (χ1n) is 3.84. The molecule has 0 radical (unpaired) electrons. The van der Waals surface area contributed by atoms with Crippen LogP contribution in [0.25, 0.3) is 10.2 Å². The smallest absolute Gasteiger partial charge is 0.162 e. The minimum atomic E-state index is -0.0910. The lowest BCUT2D eigenvalue weighted by Crippen LogP contribution is -1.94. The molecule has 0 saturated carbocycles. The van der Waals surface area contributed by atoms with Crippen LogP contribution < -0.4 is 0 Å². The molecule has 2 nitrogen and oxygen atoms in total. The number of halogens is 2. The van der Waals surface area contributed by atoms with Crippen LogP contribution in [0.5, 0.6) is 0 Å². The molecule has 0 fully saturated rings. The molecule has 0 unspecified atom stereocenters. The van der Waals surface area contributed by atoms with E-state index in [4.69, 9.17) is 23.2 Å². The first kappa shape index (κ1) is 9.90. The largest absolute Gasteiger partial charge is 0.294 e.